The monoisotopic (exact) mass is 466 g/mol. The summed E-state index contributed by atoms with van der Waals surface area (Å²) in [6.45, 7) is 4.89. The van der Waals surface area contributed by atoms with Crippen LogP contribution in [0.3, 0.4) is 0 Å². The van der Waals surface area contributed by atoms with E-state index in [0.717, 1.165) is 57.9 Å². The average molecular weight is 467 g/mol. The Hall–Kier alpha value is -2.29. The molecule has 0 unspecified atom stereocenters. The van der Waals surface area contributed by atoms with Crippen molar-refractivity contribution >= 4 is 11.9 Å². The molecule has 4 rings (SSSR count). The average Bonchev–Trinajstić information content (AvgIpc) is 3.35. The molecule has 1 N–H and O–H groups in total. The number of hydrogen-bond acceptors (Lipinski definition) is 3. The molecular formula is C24H33F3N4O2. The van der Waals surface area contributed by atoms with Crippen LogP contribution >= 0.6 is 0 Å². The van der Waals surface area contributed by atoms with Crippen molar-refractivity contribution in [3.05, 3.63) is 35.4 Å². The summed E-state index contributed by atoms with van der Waals surface area (Å²) in [5, 5.41) is 3.17. The minimum absolute atomic E-state index is 0.0595. The summed E-state index contributed by atoms with van der Waals surface area (Å²) in [6, 6.07) is 5.70. The fourth-order valence-corrected chi connectivity index (χ4v) is 5.10. The molecule has 0 aliphatic carbocycles. The molecule has 0 saturated carbocycles. The lowest BCUT2D eigenvalue weighted by molar-refractivity contribution is -0.137. The van der Waals surface area contributed by atoms with Crippen LogP contribution < -0.4 is 5.32 Å². The summed E-state index contributed by atoms with van der Waals surface area (Å²) < 4.78 is 38.8. The first-order valence-electron chi connectivity index (χ1n) is 12.0. The van der Waals surface area contributed by atoms with Gasteiger partial charge in [-0.2, -0.15) is 13.2 Å². The molecule has 0 aromatic heterocycles. The largest absolute Gasteiger partial charge is 0.416 e. The van der Waals surface area contributed by atoms with Gasteiger partial charge in [0.05, 0.1) is 5.56 Å². The molecule has 3 heterocycles. The van der Waals surface area contributed by atoms with Gasteiger partial charge in [0, 0.05) is 57.8 Å². The van der Waals surface area contributed by atoms with Crippen molar-refractivity contribution in [1.29, 1.82) is 0 Å². The fourth-order valence-electron chi connectivity index (χ4n) is 5.10. The van der Waals surface area contributed by atoms with Crippen LogP contribution in [0, 0.1) is 5.92 Å². The Kier molecular flexibility index (Phi) is 7.46. The molecule has 0 bridgehead atoms. The Labute approximate surface area is 193 Å². The van der Waals surface area contributed by atoms with Gasteiger partial charge < -0.3 is 15.1 Å². The third-order valence-electron chi connectivity index (χ3n) is 7.11. The Bertz CT molecular complexity index is 825. The first-order chi connectivity index (χ1) is 15.8. The second-order valence-electron chi connectivity index (χ2n) is 9.50. The molecule has 1 aromatic carbocycles. The van der Waals surface area contributed by atoms with Crippen LogP contribution in [0.15, 0.2) is 24.3 Å². The topological polar surface area (TPSA) is 55.9 Å². The lowest BCUT2D eigenvalue weighted by Gasteiger charge is -2.36. The van der Waals surface area contributed by atoms with Crippen LogP contribution in [0.1, 0.15) is 49.7 Å². The van der Waals surface area contributed by atoms with Gasteiger partial charge in [0.25, 0.3) is 0 Å². The molecular weight excluding hydrogens is 433 g/mol. The van der Waals surface area contributed by atoms with Gasteiger partial charge in [-0.15, -0.1) is 0 Å². The summed E-state index contributed by atoms with van der Waals surface area (Å²) >= 11 is 0. The van der Waals surface area contributed by atoms with E-state index in [1.807, 2.05) is 9.80 Å². The van der Waals surface area contributed by atoms with E-state index in [0.29, 0.717) is 38.0 Å². The van der Waals surface area contributed by atoms with E-state index in [9.17, 15) is 22.8 Å². The molecule has 6 nitrogen and oxygen atoms in total. The van der Waals surface area contributed by atoms with Gasteiger partial charge >= 0.3 is 12.2 Å². The highest BCUT2D eigenvalue weighted by atomic mass is 19.4. The number of amides is 3. The van der Waals surface area contributed by atoms with Gasteiger partial charge in [-0.1, -0.05) is 18.2 Å². The molecule has 0 atom stereocenters. The van der Waals surface area contributed by atoms with Crippen molar-refractivity contribution in [3.8, 4) is 0 Å². The molecule has 182 valence electrons. The maximum atomic E-state index is 12.9. The number of likely N-dealkylation sites (tertiary alicyclic amines) is 3. The highest BCUT2D eigenvalue weighted by Crippen LogP contribution is 2.30. The zero-order valence-electron chi connectivity index (χ0n) is 18.9. The highest BCUT2D eigenvalue weighted by Gasteiger charge is 2.32. The SMILES string of the molecule is O=C(NC1CCN(Cc2cccc(C(F)(F)F)c2)CC1)C1CCN(C(=O)N2CCCC2)CC1. The molecule has 1 aromatic rings. The summed E-state index contributed by atoms with van der Waals surface area (Å²) in [4.78, 5) is 31.2. The Morgan fingerprint density at radius 2 is 1.55 bits per heavy atom. The van der Waals surface area contributed by atoms with Crippen LogP contribution in [0.5, 0.6) is 0 Å². The van der Waals surface area contributed by atoms with E-state index in [4.69, 9.17) is 0 Å². The number of piperidine rings is 2. The molecule has 3 aliphatic heterocycles. The zero-order chi connectivity index (χ0) is 23.4. The summed E-state index contributed by atoms with van der Waals surface area (Å²) in [7, 11) is 0. The summed E-state index contributed by atoms with van der Waals surface area (Å²) in [6.07, 6.45) is 0.783. The Morgan fingerprint density at radius 3 is 2.18 bits per heavy atom. The lowest BCUT2D eigenvalue weighted by atomic mass is 9.94. The van der Waals surface area contributed by atoms with Crippen molar-refractivity contribution in [2.24, 2.45) is 5.92 Å². The summed E-state index contributed by atoms with van der Waals surface area (Å²) in [5.41, 5.74) is 0.0397. The van der Waals surface area contributed by atoms with Gasteiger partial charge in [-0.05, 0) is 50.2 Å². The van der Waals surface area contributed by atoms with E-state index in [-0.39, 0.29) is 23.9 Å². The Morgan fingerprint density at radius 1 is 0.909 bits per heavy atom. The maximum absolute atomic E-state index is 12.9. The predicted molar refractivity (Wildman–Crippen MR) is 118 cm³/mol. The number of nitrogens with one attached hydrogen (secondary N) is 1. The first-order valence-corrected chi connectivity index (χ1v) is 12.0. The second kappa shape index (κ2) is 10.3. The van der Waals surface area contributed by atoms with E-state index in [1.54, 1.807) is 6.07 Å². The third kappa shape index (κ3) is 6.19. The molecule has 9 heteroatoms. The van der Waals surface area contributed by atoms with E-state index in [1.165, 1.54) is 12.1 Å². The molecule has 0 spiro atoms. The van der Waals surface area contributed by atoms with Gasteiger partial charge in [0.2, 0.25) is 5.91 Å². The number of alkyl halides is 3. The van der Waals surface area contributed by atoms with Gasteiger partial charge in [0.15, 0.2) is 0 Å². The van der Waals surface area contributed by atoms with Crippen molar-refractivity contribution in [1.82, 2.24) is 20.0 Å². The molecule has 3 fully saturated rings. The van der Waals surface area contributed by atoms with Crippen LogP contribution in [-0.2, 0) is 17.5 Å². The minimum Gasteiger partial charge on any atom is -0.353 e. The standard InChI is InChI=1S/C24H33F3N4O2/c25-24(26,27)20-5-3-4-18(16-20)17-29-12-8-21(9-13-29)28-22(32)19-6-14-31(15-7-19)23(33)30-10-1-2-11-30/h3-5,16,19,21H,1-2,6-15,17H2,(H,28,32). The van der Waals surface area contributed by atoms with Crippen LogP contribution in [-0.4, -0.2) is 71.9 Å². The van der Waals surface area contributed by atoms with Gasteiger partial charge in [0.1, 0.15) is 0 Å². The molecule has 3 aliphatic rings. The van der Waals surface area contributed by atoms with Crippen molar-refractivity contribution in [2.45, 2.75) is 57.3 Å². The van der Waals surface area contributed by atoms with E-state index < -0.39 is 11.7 Å². The van der Waals surface area contributed by atoms with Crippen LogP contribution in [0.4, 0.5) is 18.0 Å². The van der Waals surface area contributed by atoms with Crippen LogP contribution in [0.2, 0.25) is 0 Å². The number of hydrogen-bond donors (Lipinski definition) is 1. The number of nitrogens with zero attached hydrogens (tertiary/aromatic N) is 3. The van der Waals surface area contributed by atoms with E-state index in [2.05, 4.69) is 10.2 Å². The van der Waals surface area contributed by atoms with Gasteiger partial charge in [-0.3, -0.25) is 9.69 Å². The first kappa shape index (κ1) is 23.9. The van der Waals surface area contributed by atoms with E-state index >= 15 is 0 Å². The molecule has 3 amide bonds. The van der Waals surface area contributed by atoms with Gasteiger partial charge in [-0.25, -0.2) is 4.79 Å². The molecule has 33 heavy (non-hydrogen) atoms. The third-order valence-corrected chi connectivity index (χ3v) is 7.11. The second-order valence-corrected chi connectivity index (χ2v) is 9.50. The number of benzene rings is 1. The minimum atomic E-state index is -4.33. The lowest BCUT2D eigenvalue weighted by Crippen LogP contribution is -2.50. The smallest absolute Gasteiger partial charge is 0.353 e. The fraction of sp³-hybridized carbons (Fsp3) is 0.667. The summed E-state index contributed by atoms with van der Waals surface area (Å²) in [5.74, 6) is 0.00960. The number of urea groups is 1. The van der Waals surface area contributed by atoms with Crippen molar-refractivity contribution < 1.29 is 22.8 Å². The molecule has 0 radical (unpaired) electrons. The number of carbonyl (C=O) groups is 2. The number of carbonyl (C=O) groups excluding carboxylic acids is 2. The quantitative estimate of drug-likeness (QED) is 0.736. The van der Waals surface area contributed by atoms with Crippen molar-refractivity contribution in [2.75, 3.05) is 39.3 Å². The zero-order valence-corrected chi connectivity index (χ0v) is 18.9. The highest BCUT2D eigenvalue weighted by molar-refractivity contribution is 5.80. The predicted octanol–water partition coefficient (Wildman–Crippen LogP) is 3.71. The maximum Gasteiger partial charge on any atom is 0.416 e. The van der Waals surface area contributed by atoms with Crippen LogP contribution in [0.25, 0.3) is 0 Å². The Balaban J connectivity index is 1.18. The van der Waals surface area contributed by atoms with Crippen molar-refractivity contribution in [3.63, 3.8) is 0 Å². The normalized spacial score (nSPS) is 21.4. The number of halogens is 3. The molecule has 3 saturated heterocycles. The number of rotatable bonds is 4.